The molecular weight excluding hydrogens is 300 g/mol. The molecule has 6 heteroatoms. The summed E-state index contributed by atoms with van der Waals surface area (Å²) < 4.78 is 1.08. The number of nitrogens with two attached hydrogens (primary N) is 1. The van der Waals surface area contributed by atoms with Gasteiger partial charge in [0.1, 0.15) is 0 Å². The lowest BCUT2D eigenvalue weighted by atomic mass is 10.3. The highest BCUT2D eigenvalue weighted by Gasteiger charge is 2.13. The molecule has 1 atom stereocenters. The van der Waals surface area contributed by atoms with E-state index in [1.807, 2.05) is 12.1 Å². The number of carbonyl (C=O) groups is 1. The maximum atomic E-state index is 11.4. The Bertz CT molecular complexity index is 330. The number of halogens is 2. The lowest BCUT2D eigenvalue weighted by Gasteiger charge is -2.18. The second-order valence-electron chi connectivity index (χ2n) is 3.19. The van der Waals surface area contributed by atoms with Gasteiger partial charge in [-0.2, -0.15) is 0 Å². The molecule has 1 aromatic heterocycles. The molecule has 1 rings (SSSR count). The van der Waals surface area contributed by atoms with Crippen LogP contribution >= 0.6 is 39.7 Å². The van der Waals surface area contributed by atoms with Crippen LogP contribution in [0.4, 0.5) is 0 Å². The predicted octanol–water partition coefficient (Wildman–Crippen LogP) is 2.24. The van der Waals surface area contributed by atoms with Gasteiger partial charge in [-0.3, -0.25) is 4.79 Å². The first-order chi connectivity index (χ1) is 6.50. The first kappa shape index (κ1) is 14.9. The molecule has 1 aromatic rings. The second-order valence-corrected chi connectivity index (χ2v) is 5.74. The molecule has 0 fully saturated rings. The number of hydrogen-bond acceptors (Lipinski definition) is 3. The Labute approximate surface area is 108 Å². The molecule has 0 saturated heterocycles. The van der Waals surface area contributed by atoms with Gasteiger partial charge in [-0.1, -0.05) is 0 Å². The van der Waals surface area contributed by atoms with Gasteiger partial charge in [-0.25, -0.2) is 0 Å². The Morgan fingerprint density at radius 2 is 2.27 bits per heavy atom. The smallest absolute Gasteiger partial charge is 0.239 e. The zero-order chi connectivity index (χ0) is 10.7. The monoisotopic (exact) mass is 312 g/mol. The number of amides is 1. The molecule has 0 aliphatic carbocycles. The number of likely N-dealkylation sites (N-methyl/N-ethyl adjacent to an activating group) is 1. The number of thiophene rings is 1. The first-order valence-electron chi connectivity index (χ1n) is 4.25. The summed E-state index contributed by atoms with van der Waals surface area (Å²) in [6, 6.07) is 3.55. The van der Waals surface area contributed by atoms with E-state index in [9.17, 15) is 4.79 Å². The summed E-state index contributed by atoms with van der Waals surface area (Å²) in [5, 5.41) is 0. The van der Waals surface area contributed by atoms with Crippen molar-refractivity contribution in [2.45, 2.75) is 19.5 Å². The van der Waals surface area contributed by atoms with Crippen LogP contribution in [0, 0.1) is 0 Å². The lowest BCUT2D eigenvalue weighted by Crippen LogP contribution is -2.39. The average Bonchev–Trinajstić information content (AvgIpc) is 2.49. The van der Waals surface area contributed by atoms with E-state index in [0.717, 1.165) is 8.66 Å². The molecule has 0 aromatic carbocycles. The molecular formula is C9H14BrClN2OS. The maximum absolute atomic E-state index is 11.4. The standard InChI is InChI=1S/C9H13BrN2OS.ClH/c1-6(11)9(13)12(2)5-7-3-4-8(10)14-7;/h3-4,6H,5,11H2,1-2H3;1H/t6-;/m1./s1. The van der Waals surface area contributed by atoms with E-state index in [0.29, 0.717) is 6.54 Å². The van der Waals surface area contributed by atoms with E-state index in [-0.39, 0.29) is 18.3 Å². The summed E-state index contributed by atoms with van der Waals surface area (Å²) in [5.74, 6) is -0.0328. The van der Waals surface area contributed by atoms with Crippen molar-refractivity contribution in [2.24, 2.45) is 5.73 Å². The van der Waals surface area contributed by atoms with Crippen LogP contribution in [0.15, 0.2) is 15.9 Å². The van der Waals surface area contributed by atoms with Gasteiger partial charge in [0.25, 0.3) is 0 Å². The summed E-state index contributed by atoms with van der Waals surface area (Å²) in [6.45, 7) is 2.32. The second kappa shape index (κ2) is 6.48. The van der Waals surface area contributed by atoms with E-state index in [1.165, 1.54) is 0 Å². The van der Waals surface area contributed by atoms with Gasteiger partial charge in [0, 0.05) is 11.9 Å². The normalized spacial score (nSPS) is 11.7. The lowest BCUT2D eigenvalue weighted by molar-refractivity contribution is -0.131. The molecule has 0 spiro atoms. The Hall–Kier alpha value is -0.100. The van der Waals surface area contributed by atoms with E-state index < -0.39 is 6.04 Å². The molecule has 1 amide bonds. The largest absolute Gasteiger partial charge is 0.339 e. The summed E-state index contributed by atoms with van der Waals surface area (Å²) in [6.07, 6.45) is 0. The van der Waals surface area contributed by atoms with Crippen molar-refractivity contribution in [1.29, 1.82) is 0 Å². The van der Waals surface area contributed by atoms with E-state index in [1.54, 1.807) is 30.2 Å². The highest BCUT2D eigenvalue weighted by molar-refractivity contribution is 9.11. The molecule has 0 saturated carbocycles. The fourth-order valence-corrected chi connectivity index (χ4v) is 2.63. The summed E-state index contributed by atoms with van der Waals surface area (Å²) in [5.41, 5.74) is 5.50. The topological polar surface area (TPSA) is 46.3 Å². The van der Waals surface area contributed by atoms with Crippen LogP contribution < -0.4 is 5.73 Å². The van der Waals surface area contributed by atoms with Gasteiger partial charge < -0.3 is 10.6 Å². The van der Waals surface area contributed by atoms with Gasteiger partial charge in [0.2, 0.25) is 5.91 Å². The Morgan fingerprint density at radius 1 is 1.67 bits per heavy atom. The minimum atomic E-state index is -0.427. The number of hydrogen-bond donors (Lipinski definition) is 1. The van der Waals surface area contributed by atoms with Crippen molar-refractivity contribution in [1.82, 2.24) is 4.90 Å². The molecule has 0 bridgehead atoms. The molecule has 0 aliphatic heterocycles. The Morgan fingerprint density at radius 3 is 2.67 bits per heavy atom. The maximum Gasteiger partial charge on any atom is 0.239 e. The Balaban J connectivity index is 0.00000196. The minimum Gasteiger partial charge on any atom is -0.339 e. The van der Waals surface area contributed by atoms with E-state index >= 15 is 0 Å². The molecule has 15 heavy (non-hydrogen) atoms. The predicted molar refractivity (Wildman–Crippen MR) is 69.4 cm³/mol. The third kappa shape index (κ3) is 4.51. The van der Waals surface area contributed by atoms with Crippen LogP contribution in [0.5, 0.6) is 0 Å². The van der Waals surface area contributed by atoms with Crippen LogP contribution in [0.25, 0.3) is 0 Å². The van der Waals surface area contributed by atoms with Crippen molar-refractivity contribution < 1.29 is 4.79 Å². The van der Waals surface area contributed by atoms with Crippen molar-refractivity contribution in [2.75, 3.05) is 7.05 Å². The molecule has 3 nitrogen and oxygen atoms in total. The van der Waals surface area contributed by atoms with Gasteiger partial charge in [0.05, 0.1) is 16.4 Å². The fraction of sp³-hybridized carbons (Fsp3) is 0.444. The highest BCUT2D eigenvalue weighted by Crippen LogP contribution is 2.22. The van der Waals surface area contributed by atoms with Crippen molar-refractivity contribution in [3.05, 3.63) is 20.8 Å². The van der Waals surface area contributed by atoms with Gasteiger partial charge in [-0.15, -0.1) is 23.7 Å². The number of nitrogens with zero attached hydrogens (tertiary/aromatic N) is 1. The van der Waals surface area contributed by atoms with Gasteiger partial charge in [-0.05, 0) is 35.0 Å². The Kier molecular flexibility index (Phi) is 6.43. The SMILES string of the molecule is C[C@@H](N)C(=O)N(C)Cc1ccc(Br)s1.Cl. The fourth-order valence-electron chi connectivity index (χ4n) is 1.10. The van der Waals surface area contributed by atoms with Crippen LogP contribution in [-0.2, 0) is 11.3 Å². The molecule has 86 valence electrons. The zero-order valence-electron chi connectivity index (χ0n) is 8.57. The third-order valence-corrected chi connectivity index (χ3v) is 3.40. The first-order valence-corrected chi connectivity index (χ1v) is 5.86. The van der Waals surface area contributed by atoms with Crippen LogP contribution in [0.1, 0.15) is 11.8 Å². The van der Waals surface area contributed by atoms with E-state index in [2.05, 4.69) is 15.9 Å². The van der Waals surface area contributed by atoms with E-state index in [4.69, 9.17) is 5.73 Å². The number of carbonyl (C=O) groups excluding carboxylic acids is 1. The minimum absolute atomic E-state index is 0. The van der Waals surface area contributed by atoms with Crippen molar-refractivity contribution in [3.63, 3.8) is 0 Å². The zero-order valence-corrected chi connectivity index (χ0v) is 11.8. The quantitative estimate of drug-likeness (QED) is 0.930. The highest BCUT2D eigenvalue weighted by atomic mass is 79.9. The molecule has 0 unspecified atom stereocenters. The molecule has 1 heterocycles. The summed E-state index contributed by atoms with van der Waals surface area (Å²) in [4.78, 5) is 14.2. The van der Waals surface area contributed by atoms with Crippen LogP contribution in [0.3, 0.4) is 0 Å². The molecule has 0 radical (unpaired) electrons. The number of rotatable bonds is 3. The third-order valence-electron chi connectivity index (χ3n) is 1.79. The van der Waals surface area contributed by atoms with Gasteiger partial charge >= 0.3 is 0 Å². The van der Waals surface area contributed by atoms with Crippen LogP contribution in [-0.4, -0.2) is 23.9 Å². The molecule has 2 N–H and O–H groups in total. The summed E-state index contributed by atoms with van der Waals surface area (Å²) in [7, 11) is 1.76. The van der Waals surface area contributed by atoms with Gasteiger partial charge in [0.15, 0.2) is 0 Å². The summed E-state index contributed by atoms with van der Waals surface area (Å²) >= 11 is 5.01. The van der Waals surface area contributed by atoms with Crippen molar-refractivity contribution >= 4 is 45.6 Å². The molecule has 0 aliphatic rings. The van der Waals surface area contributed by atoms with Crippen molar-refractivity contribution in [3.8, 4) is 0 Å². The average molecular weight is 314 g/mol. The van der Waals surface area contributed by atoms with Crippen LogP contribution in [0.2, 0.25) is 0 Å².